The molecule has 0 heterocycles. The molecular formula is C21H35IN4O2. The van der Waals surface area contributed by atoms with Gasteiger partial charge in [0, 0.05) is 27.7 Å². The van der Waals surface area contributed by atoms with Gasteiger partial charge in [-0.05, 0) is 38.3 Å². The van der Waals surface area contributed by atoms with Gasteiger partial charge in [0.25, 0.3) is 0 Å². The molecule has 1 aromatic rings. The molecule has 2 N–H and O–H groups in total. The lowest BCUT2D eigenvalue weighted by Crippen LogP contribution is -2.50. The summed E-state index contributed by atoms with van der Waals surface area (Å²) in [7, 11) is 5.41. The van der Waals surface area contributed by atoms with Crippen molar-refractivity contribution in [3.05, 3.63) is 29.8 Å². The molecule has 28 heavy (non-hydrogen) atoms. The summed E-state index contributed by atoms with van der Waals surface area (Å²) in [4.78, 5) is 18.7. The summed E-state index contributed by atoms with van der Waals surface area (Å²) < 4.78 is 6.00. The Balaban J connectivity index is 0.00000392. The summed E-state index contributed by atoms with van der Waals surface area (Å²) in [6.45, 7) is 5.30. The molecule has 1 atom stereocenters. The molecule has 0 spiro atoms. The highest BCUT2D eigenvalue weighted by molar-refractivity contribution is 14.0. The number of ether oxygens (including phenoxy) is 1. The smallest absolute Gasteiger partial charge is 0.230 e. The van der Waals surface area contributed by atoms with Gasteiger partial charge in [0.15, 0.2) is 5.96 Å². The van der Waals surface area contributed by atoms with Crippen LogP contribution in [0.1, 0.15) is 38.2 Å². The quantitative estimate of drug-likeness (QED) is 0.342. The van der Waals surface area contributed by atoms with Crippen LogP contribution in [-0.4, -0.2) is 57.1 Å². The Labute approximate surface area is 186 Å². The van der Waals surface area contributed by atoms with Gasteiger partial charge in [0.1, 0.15) is 11.9 Å². The minimum Gasteiger partial charge on any atom is -0.489 e. The van der Waals surface area contributed by atoms with Crippen LogP contribution in [0.15, 0.2) is 29.3 Å². The number of nitrogens with one attached hydrogen (secondary N) is 2. The molecule has 1 aliphatic carbocycles. The van der Waals surface area contributed by atoms with Crippen LogP contribution in [0.2, 0.25) is 0 Å². The molecule has 1 amide bonds. The van der Waals surface area contributed by atoms with Crippen molar-refractivity contribution in [2.45, 2.75) is 45.6 Å². The number of aliphatic imine (C=N–C) groups is 1. The standard InChI is InChI=1S/C21H34N4O2.HI/c1-16-10-6-7-11-18(16)27-17(2)14-23-20(22-3)24-15-21(12-8-9-13-21)19(26)25(4)5;/h6-7,10-11,17H,8-9,12-15H2,1-5H3,(H2,22,23,24);1H. The van der Waals surface area contributed by atoms with Crippen molar-refractivity contribution in [3.8, 4) is 5.75 Å². The van der Waals surface area contributed by atoms with Gasteiger partial charge in [-0.15, -0.1) is 24.0 Å². The van der Waals surface area contributed by atoms with Crippen LogP contribution in [-0.2, 0) is 4.79 Å². The van der Waals surface area contributed by atoms with E-state index in [9.17, 15) is 4.79 Å². The molecule has 0 saturated heterocycles. The van der Waals surface area contributed by atoms with Crippen molar-refractivity contribution >= 4 is 35.8 Å². The molecule has 2 rings (SSSR count). The number of carbonyl (C=O) groups excluding carboxylic acids is 1. The Morgan fingerprint density at radius 1 is 1.25 bits per heavy atom. The number of nitrogens with zero attached hydrogens (tertiary/aromatic N) is 2. The fourth-order valence-electron chi connectivity index (χ4n) is 3.65. The van der Waals surface area contributed by atoms with E-state index < -0.39 is 0 Å². The fourth-order valence-corrected chi connectivity index (χ4v) is 3.65. The highest BCUT2D eigenvalue weighted by Gasteiger charge is 2.42. The van der Waals surface area contributed by atoms with Crippen molar-refractivity contribution in [2.24, 2.45) is 10.4 Å². The van der Waals surface area contributed by atoms with Gasteiger partial charge in [-0.25, -0.2) is 0 Å². The number of benzene rings is 1. The van der Waals surface area contributed by atoms with Gasteiger partial charge in [-0.2, -0.15) is 0 Å². The zero-order valence-corrected chi connectivity index (χ0v) is 20.1. The zero-order chi connectivity index (χ0) is 19.9. The van der Waals surface area contributed by atoms with Gasteiger partial charge < -0.3 is 20.3 Å². The van der Waals surface area contributed by atoms with Crippen molar-refractivity contribution in [1.29, 1.82) is 0 Å². The maximum atomic E-state index is 12.7. The minimum atomic E-state index is -0.315. The third kappa shape index (κ3) is 6.53. The molecule has 1 fully saturated rings. The Morgan fingerprint density at radius 3 is 2.46 bits per heavy atom. The number of hydrogen-bond donors (Lipinski definition) is 2. The molecule has 158 valence electrons. The van der Waals surface area contributed by atoms with Crippen LogP contribution < -0.4 is 15.4 Å². The van der Waals surface area contributed by atoms with Crippen molar-refractivity contribution in [3.63, 3.8) is 0 Å². The molecule has 0 aliphatic heterocycles. The Kier molecular flexibility index (Phi) is 10.1. The van der Waals surface area contributed by atoms with Gasteiger partial charge in [0.05, 0.1) is 12.0 Å². The first-order valence-corrected chi connectivity index (χ1v) is 9.76. The highest BCUT2D eigenvalue weighted by atomic mass is 127. The molecule has 1 saturated carbocycles. The van der Waals surface area contributed by atoms with E-state index in [1.807, 2.05) is 52.2 Å². The van der Waals surface area contributed by atoms with E-state index in [4.69, 9.17) is 4.74 Å². The van der Waals surface area contributed by atoms with Crippen LogP contribution in [0.4, 0.5) is 0 Å². The summed E-state index contributed by atoms with van der Waals surface area (Å²) in [5, 5.41) is 6.66. The van der Waals surface area contributed by atoms with Crippen LogP contribution in [0.5, 0.6) is 5.75 Å². The first-order chi connectivity index (χ1) is 12.9. The van der Waals surface area contributed by atoms with E-state index in [-0.39, 0.29) is 41.4 Å². The van der Waals surface area contributed by atoms with Crippen LogP contribution in [0, 0.1) is 12.3 Å². The maximum Gasteiger partial charge on any atom is 0.230 e. The van der Waals surface area contributed by atoms with E-state index in [0.29, 0.717) is 19.0 Å². The van der Waals surface area contributed by atoms with E-state index in [1.165, 1.54) is 0 Å². The molecular weight excluding hydrogens is 467 g/mol. The average Bonchev–Trinajstić information content (AvgIpc) is 3.13. The summed E-state index contributed by atoms with van der Waals surface area (Å²) in [5.41, 5.74) is 0.807. The number of amides is 1. The highest BCUT2D eigenvalue weighted by Crippen LogP contribution is 2.38. The van der Waals surface area contributed by atoms with Gasteiger partial charge in [-0.3, -0.25) is 9.79 Å². The second-order valence-corrected chi connectivity index (χ2v) is 7.69. The van der Waals surface area contributed by atoms with Crippen LogP contribution >= 0.6 is 24.0 Å². The molecule has 1 unspecified atom stereocenters. The van der Waals surface area contributed by atoms with Crippen LogP contribution in [0.3, 0.4) is 0 Å². The van der Waals surface area contributed by atoms with Crippen molar-refractivity contribution < 1.29 is 9.53 Å². The summed E-state index contributed by atoms with van der Waals surface area (Å²) in [6.07, 6.45) is 4.07. The minimum absolute atomic E-state index is 0. The van der Waals surface area contributed by atoms with Crippen molar-refractivity contribution in [2.75, 3.05) is 34.2 Å². The Morgan fingerprint density at radius 2 is 1.89 bits per heavy atom. The predicted octanol–water partition coefficient (Wildman–Crippen LogP) is 3.19. The normalized spacial score (nSPS) is 16.7. The maximum absolute atomic E-state index is 12.7. The first-order valence-electron chi connectivity index (χ1n) is 9.76. The van der Waals surface area contributed by atoms with Crippen molar-refractivity contribution in [1.82, 2.24) is 15.5 Å². The Hall–Kier alpha value is -1.51. The van der Waals surface area contributed by atoms with Crippen LogP contribution in [0.25, 0.3) is 0 Å². The number of aryl methyl sites for hydroxylation is 1. The lowest BCUT2D eigenvalue weighted by molar-refractivity contribution is -0.138. The fraction of sp³-hybridized carbons (Fsp3) is 0.619. The molecule has 0 bridgehead atoms. The topological polar surface area (TPSA) is 66.0 Å². The predicted molar refractivity (Wildman–Crippen MR) is 126 cm³/mol. The van der Waals surface area contributed by atoms with Gasteiger partial charge >= 0.3 is 0 Å². The lowest BCUT2D eigenvalue weighted by atomic mass is 9.84. The van der Waals surface area contributed by atoms with E-state index in [0.717, 1.165) is 37.0 Å². The summed E-state index contributed by atoms with van der Waals surface area (Å²) in [6, 6.07) is 8.00. The number of para-hydroxylation sites is 1. The van der Waals surface area contributed by atoms with E-state index in [1.54, 1.807) is 11.9 Å². The van der Waals surface area contributed by atoms with E-state index in [2.05, 4.69) is 15.6 Å². The number of halogens is 1. The second kappa shape index (κ2) is 11.5. The largest absolute Gasteiger partial charge is 0.489 e. The zero-order valence-electron chi connectivity index (χ0n) is 17.7. The molecule has 6 nitrogen and oxygen atoms in total. The molecule has 1 aliphatic rings. The summed E-state index contributed by atoms with van der Waals surface area (Å²) >= 11 is 0. The molecule has 1 aromatic carbocycles. The number of rotatable bonds is 7. The van der Waals surface area contributed by atoms with E-state index >= 15 is 0 Å². The first kappa shape index (κ1) is 24.5. The molecule has 0 radical (unpaired) electrons. The Bertz CT molecular complexity index is 658. The van der Waals surface area contributed by atoms with Gasteiger partial charge in [-0.1, -0.05) is 31.0 Å². The molecule has 0 aromatic heterocycles. The third-order valence-electron chi connectivity index (χ3n) is 5.22. The van der Waals surface area contributed by atoms with Gasteiger partial charge in [0.2, 0.25) is 5.91 Å². The lowest BCUT2D eigenvalue weighted by Gasteiger charge is -2.31. The summed E-state index contributed by atoms with van der Waals surface area (Å²) in [5.74, 6) is 1.81. The second-order valence-electron chi connectivity index (χ2n) is 7.69. The number of carbonyl (C=O) groups is 1. The number of hydrogen-bond acceptors (Lipinski definition) is 3. The monoisotopic (exact) mass is 502 g/mol. The third-order valence-corrected chi connectivity index (χ3v) is 5.22. The SMILES string of the molecule is CN=C(NCC(C)Oc1ccccc1C)NCC1(C(=O)N(C)C)CCCC1.I. The average molecular weight is 502 g/mol. The molecule has 7 heteroatoms. The number of guanidine groups is 1.